The highest BCUT2D eigenvalue weighted by Crippen LogP contribution is 2.34. The minimum Gasteiger partial charge on any atom is -0.497 e. The quantitative estimate of drug-likeness (QED) is 0.0622. The number of ether oxygens (including phenoxy) is 3. The van der Waals surface area contributed by atoms with Gasteiger partial charge in [-0.3, -0.25) is 19.7 Å². The number of benzene rings is 3. The first-order chi connectivity index (χ1) is 23.4. The van der Waals surface area contributed by atoms with Gasteiger partial charge in [-0.2, -0.15) is 5.10 Å². The van der Waals surface area contributed by atoms with Gasteiger partial charge >= 0.3 is 0 Å². The van der Waals surface area contributed by atoms with Crippen LogP contribution < -0.4 is 29.9 Å². The number of hydrogen-bond donors (Lipinski definition) is 3. The van der Waals surface area contributed by atoms with Gasteiger partial charge in [0, 0.05) is 72.6 Å². The summed E-state index contributed by atoms with van der Waals surface area (Å²) in [4.78, 5) is 23.4. The second kappa shape index (κ2) is 16.6. The molecular formula is C36H43N7O5. The molecular weight excluding hydrogens is 610 g/mol. The van der Waals surface area contributed by atoms with Crippen LogP contribution in [0.5, 0.6) is 17.2 Å². The monoisotopic (exact) mass is 653 g/mol. The predicted molar refractivity (Wildman–Crippen MR) is 185 cm³/mol. The molecule has 0 saturated carbocycles. The first kappa shape index (κ1) is 34.1. The van der Waals surface area contributed by atoms with Crippen LogP contribution in [0.3, 0.4) is 0 Å². The third-order valence-corrected chi connectivity index (χ3v) is 7.82. The molecule has 3 N–H and O–H groups in total. The maximum Gasteiger partial charge on any atom is 0.274 e. The first-order valence-electron chi connectivity index (χ1n) is 16.1. The number of carbonyl (C=O) groups is 1. The van der Waals surface area contributed by atoms with Crippen LogP contribution in [0.25, 0.3) is 22.3 Å². The summed E-state index contributed by atoms with van der Waals surface area (Å²) in [6.07, 6.45) is 8.44. The van der Waals surface area contributed by atoms with E-state index in [1.807, 2.05) is 41.3 Å². The van der Waals surface area contributed by atoms with Gasteiger partial charge in [0.2, 0.25) is 0 Å². The summed E-state index contributed by atoms with van der Waals surface area (Å²) in [5.41, 5.74) is 7.20. The Hall–Kier alpha value is -5.20. The smallest absolute Gasteiger partial charge is 0.274 e. The Kier molecular flexibility index (Phi) is 11.8. The van der Waals surface area contributed by atoms with Crippen molar-refractivity contribution in [2.45, 2.75) is 45.7 Å². The summed E-state index contributed by atoms with van der Waals surface area (Å²) in [6, 6.07) is 19.0. The van der Waals surface area contributed by atoms with E-state index >= 15 is 0 Å². The SMILES string of the molecule is COc1cc(OC)cc(N(CCNC(C)C)c2ccc3ncc(-c4cnn(CCCCCOc5ccc(C(=O)NO)cc5)c4)nc3c2)c1. The molecule has 2 aromatic heterocycles. The summed E-state index contributed by atoms with van der Waals surface area (Å²) >= 11 is 0. The van der Waals surface area contributed by atoms with Crippen molar-refractivity contribution in [3.8, 4) is 28.5 Å². The number of nitrogens with zero attached hydrogens (tertiary/aromatic N) is 5. The lowest BCUT2D eigenvalue weighted by Crippen LogP contribution is -2.32. The molecule has 0 spiro atoms. The van der Waals surface area contributed by atoms with Gasteiger partial charge in [0.1, 0.15) is 17.2 Å². The zero-order valence-corrected chi connectivity index (χ0v) is 27.8. The summed E-state index contributed by atoms with van der Waals surface area (Å²) in [6.45, 7) is 7.13. The van der Waals surface area contributed by atoms with Crippen molar-refractivity contribution in [1.29, 1.82) is 0 Å². The van der Waals surface area contributed by atoms with Gasteiger partial charge in [0.05, 0.1) is 49.9 Å². The van der Waals surface area contributed by atoms with Gasteiger partial charge in [-0.25, -0.2) is 10.5 Å². The molecule has 0 atom stereocenters. The highest BCUT2D eigenvalue weighted by molar-refractivity contribution is 5.93. The number of aryl methyl sites for hydroxylation is 1. The zero-order chi connectivity index (χ0) is 33.9. The van der Waals surface area contributed by atoms with Crippen molar-refractivity contribution in [3.63, 3.8) is 0 Å². The number of nitrogens with one attached hydrogen (secondary N) is 2. The molecule has 12 heteroatoms. The van der Waals surface area contributed by atoms with E-state index in [4.69, 9.17) is 29.4 Å². The minimum absolute atomic E-state index is 0.366. The number of hydroxylamine groups is 1. The highest BCUT2D eigenvalue weighted by Gasteiger charge is 2.15. The van der Waals surface area contributed by atoms with Crippen LogP contribution in [-0.2, 0) is 6.54 Å². The second-order valence-corrected chi connectivity index (χ2v) is 11.6. The third-order valence-electron chi connectivity index (χ3n) is 7.82. The topological polar surface area (TPSA) is 136 Å². The van der Waals surface area contributed by atoms with Crippen molar-refractivity contribution in [2.24, 2.45) is 0 Å². The lowest BCUT2D eigenvalue weighted by Gasteiger charge is -2.27. The number of amides is 1. The summed E-state index contributed by atoms with van der Waals surface area (Å²) < 4.78 is 18.8. The molecule has 5 aromatic rings. The Morgan fingerprint density at radius 1 is 0.896 bits per heavy atom. The highest BCUT2D eigenvalue weighted by atomic mass is 16.5. The lowest BCUT2D eigenvalue weighted by atomic mass is 10.2. The van der Waals surface area contributed by atoms with Gasteiger partial charge in [-0.15, -0.1) is 0 Å². The second-order valence-electron chi connectivity index (χ2n) is 11.6. The summed E-state index contributed by atoms with van der Waals surface area (Å²) in [5, 5.41) is 16.8. The van der Waals surface area contributed by atoms with E-state index in [-0.39, 0.29) is 0 Å². The fourth-order valence-corrected chi connectivity index (χ4v) is 5.26. The van der Waals surface area contributed by atoms with Gasteiger partial charge in [0.15, 0.2) is 0 Å². The molecule has 0 bridgehead atoms. The molecule has 0 aliphatic heterocycles. The Morgan fingerprint density at radius 3 is 2.38 bits per heavy atom. The van der Waals surface area contributed by atoms with Crippen molar-refractivity contribution in [3.05, 3.63) is 84.8 Å². The number of fused-ring (bicyclic) bond motifs is 1. The molecule has 252 valence electrons. The largest absolute Gasteiger partial charge is 0.497 e. The van der Waals surface area contributed by atoms with Crippen LogP contribution in [0.1, 0.15) is 43.5 Å². The molecule has 0 fully saturated rings. The standard InChI is InChI=1S/C36H43N7O5/c1-25(2)37-14-16-43(29-18-31(46-3)21-32(19-29)47-4)28-10-13-33-34(20-28)40-35(23-38-33)27-22-39-42(24-27)15-6-5-7-17-48-30-11-8-26(9-12-30)36(44)41-45/h8-13,18-25,37,45H,5-7,14-17H2,1-4H3,(H,41,44). The van der Waals surface area contributed by atoms with E-state index in [0.717, 1.165) is 84.1 Å². The molecule has 12 nitrogen and oxygen atoms in total. The fraction of sp³-hybridized carbons (Fsp3) is 0.333. The number of unbranched alkanes of at least 4 members (excludes halogenated alkanes) is 2. The van der Waals surface area contributed by atoms with E-state index in [9.17, 15) is 4.79 Å². The number of methoxy groups -OCH3 is 2. The lowest BCUT2D eigenvalue weighted by molar-refractivity contribution is 0.0706. The molecule has 0 aliphatic carbocycles. The molecule has 48 heavy (non-hydrogen) atoms. The van der Waals surface area contributed by atoms with E-state index in [1.54, 1.807) is 50.2 Å². The van der Waals surface area contributed by atoms with E-state index in [2.05, 4.69) is 41.3 Å². The maximum absolute atomic E-state index is 11.4. The normalized spacial score (nSPS) is 11.1. The van der Waals surface area contributed by atoms with Gasteiger partial charge < -0.3 is 24.4 Å². The summed E-state index contributed by atoms with van der Waals surface area (Å²) in [7, 11) is 3.31. The van der Waals surface area contributed by atoms with Crippen molar-refractivity contribution in [1.82, 2.24) is 30.5 Å². The van der Waals surface area contributed by atoms with Crippen LogP contribution in [0, 0.1) is 0 Å². The Labute approximate surface area is 280 Å². The predicted octanol–water partition coefficient (Wildman–Crippen LogP) is 6.01. The average molecular weight is 654 g/mol. The van der Waals surface area contributed by atoms with Crippen molar-refractivity contribution < 1.29 is 24.2 Å². The molecule has 5 rings (SSSR count). The van der Waals surface area contributed by atoms with Crippen molar-refractivity contribution in [2.75, 3.05) is 38.8 Å². The van der Waals surface area contributed by atoms with Crippen molar-refractivity contribution >= 4 is 28.3 Å². The molecule has 3 aromatic carbocycles. The van der Waals surface area contributed by atoms with E-state index in [0.29, 0.717) is 24.0 Å². The van der Waals surface area contributed by atoms with Crippen LogP contribution in [0.15, 0.2) is 79.3 Å². The van der Waals surface area contributed by atoms with Gasteiger partial charge in [-0.05, 0) is 61.7 Å². The Morgan fingerprint density at radius 2 is 1.67 bits per heavy atom. The number of carbonyl (C=O) groups excluding carboxylic acids is 1. The number of rotatable bonds is 17. The average Bonchev–Trinajstić information content (AvgIpc) is 3.59. The van der Waals surface area contributed by atoms with Crippen LogP contribution in [-0.4, -0.2) is 70.8 Å². The van der Waals surface area contributed by atoms with E-state index < -0.39 is 5.91 Å². The molecule has 1 amide bonds. The van der Waals surface area contributed by atoms with E-state index in [1.165, 1.54) is 0 Å². The van der Waals surface area contributed by atoms with Crippen LogP contribution >= 0.6 is 0 Å². The van der Waals surface area contributed by atoms with Gasteiger partial charge in [-0.1, -0.05) is 13.8 Å². The fourth-order valence-electron chi connectivity index (χ4n) is 5.26. The molecule has 0 unspecified atom stereocenters. The Bertz CT molecular complexity index is 1770. The molecule has 2 heterocycles. The number of hydrogen-bond acceptors (Lipinski definition) is 10. The van der Waals surface area contributed by atoms with Crippen LogP contribution in [0.2, 0.25) is 0 Å². The Balaban J connectivity index is 1.22. The summed E-state index contributed by atoms with van der Waals surface area (Å²) in [5.74, 6) is 1.57. The molecule has 0 saturated heterocycles. The molecule has 0 aliphatic rings. The maximum atomic E-state index is 11.4. The van der Waals surface area contributed by atoms with Crippen LogP contribution in [0.4, 0.5) is 11.4 Å². The molecule has 0 radical (unpaired) electrons. The van der Waals surface area contributed by atoms with Gasteiger partial charge in [0.25, 0.3) is 5.91 Å². The number of anilines is 2. The first-order valence-corrected chi connectivity index (χ1v) is 16.1. The third kappa shape index (κ3) is 8.99. The minimum atomic E-state index is -0.551. The zero-order valence-electron chi connectivity index (χ0n) is 27.8. The number of aromatic nitrogens is 4.